The number of aromatic nitrogens is 3. The maximum absolute atomic E-state index is 6.23. The molecule has 26 heavy (non-hydrogen) atoms. The van der Waals surface area contributed by atoms with Crippen molar-refractivity contribution in [3.63, 3.8) is 0 Å². The van der Waals surface area contributed by atoms with Crippen molar-refractivity contribution in [3.8, 4) is 11.4 Å². The SMILES string of the molecule is C=C(C)OCCn1c(-c2ccccc2)nc2c(N)nc3ccccc3c21. The monoisotopic (exact) mass is 344 g/mol. The number of hydrogen-bond acceptors (Lipinski definition) is 4. The summed E-state index contributed by atoms with van der Waals surface area (Å²) in [7, 11) is 0. The number of nitrogens with two attached hydrogens (primary N) is 1. The van der Waals surface area contributed by atoms with E-state index in [9.17, 15) is 0 Å². The van der Waals surface area contributed by atoms with Crippen molar-refractivity contribution in [2.24, 2.45) is 0 Å². The van der Waals surface area contributed by atoms with Crippen molar-refractivity contribution < 1.29 is 4.74 Å². The van der Waals surface area contributed by atoms with Crippen LogP contribution in [0.25, 0.3) is 33.3 Å². The lowest BCUT2D eigenvalue weighted by atomic mass is 10.2. The van der Waals surface area contributed by atoms with Gasteiger partial charge in [-0.15, -0.1) is 0 Å². The minimum absolute atomic E-state index is 0.440. The van der Waals surface area contributed by atoms with Gasteiger partial charge >= 0.3 is 0 Å². The summed E-state index contributed by atoms with van der Waals surface area (Å²) in [6.07, 6.45) is 0. The van der Waals surface area contributed by atoms with E-state index in [2.05, 4.69) is 22.2 Å². The van der Waals surface area contributed by atoms with Gasteiger partial charge in [0.25, 0.3) is 0 Å². The second-order valence-corrected chi connectivity index (χ2v) is 6.21. The van der Waals surface area contributed by atoms with E-state index in [1.54, 1.807) is 0 Å². The number of imidazole rings is 1. The van der Waals surface area contributed by atoms with Gasteiger partial charge in [0.2, 0.25) is 0 Å². The Morgan fingerprint density at radius 3 is 2.58 bits per heavy atom. The molecule has 0 amide bonds. The first-order valence-electron chi connectivity index (χ1n) is 8.53. The molecule has 5 nitrogen and oxygen atoms in total. The van der Waals surface area contributed by atoms with Crippen LogP contribution in [0, 0.1) is 0 Å². The highest BCUT2D eigenvalue weighted by Crippen LogP contribution is 2.32. The number of nitrogens with zero attached hydrogens (tertiary/aromatic N) is 3. The van der Waals surface area contributed by atoms with E-state index >= 15 is 0 Å². The van der Waals surface area contributed by atoms with Crippen molar-refractivity contribution in [3.05, 3.63) is 66.9 Å². The lowest BCUT2D eigenvalue weighted by Gasteiger charge is -2.12. The number of pyridine rings is 1. The van der Waals surface area contributed by atoms with E-state index in [1.165, 1.54) is 0 Å². The third kappa shape index (κ3) is 2.77. The minimum Gasteiger partial charge on any atom is -0.497 e. The van der Waals surface area contributed by atoms with Gasteiger partial charge in [-0.3, -0.25) is 0 Å². The minimum atomic E-state index is 0.440. The first kappa shape index (κ1) is 16.1. The number of anilines is 1. The summed E-state index contributed by atoms with van der Waals surface area (Å²) in [5, 5.41) is 1.03. The van der Waals surface area contributed by atoms with Gasteiger partial charge in [-0.2, -0.15) is 0 Å². The van der Waals surface area contributed by atoms with Crippen molar-refractivity contribution in [1.82, 2.24) is 14.5 Å². The quantitative estimate of drug-likeness (QED) is 0.546. The fourth-order valence-corrected chi connectivity index (χ4v) is 3.20. The summed E-state index contributed by atoms with van der Waals surface area (Å²) >= 11 is 0. The Balaban J connectivity index is 1.99. The summed E-state index contributed by atoms with van der Waals surface area (Å²) in [5.74, 6) is 1.99. The number of hydrogen-bond donors (Lipinski definition) is 1. The van der Waals surface area contributed by atoms with E-state index < -0.39 is 0 Å². The Morgan fingerprint density at radius 1 is 1.08 bits per heavy atom. The molecular weight excluding hydrogens is 324 g/mol. The average Bonchev–Trinajstić information content (AvgIpc) is 3.03. The first-order chi connectivity index (χ1) is 12.6. The Bertz CT molecular complexity index is 1100. The molecule has 0 aliphatic heterocycles. The predicted octanol–water partition coefficient (Wildman–Crippen LogP) is 4.38. The van der Waals surface area contributed by atoms with Crippen molar-refractivity contribution in [2.75, 3.05) is 12.3 Å². The van der Waals surface area contributed by atoms with Gasteiger partial charge in [0.05, 0.1) is 23.3 Å². The smallest absolute Gasteiger partial charge is 0.152 e. The lowest BCUT2D eigenvalue weighted by molar-refractivity contribution is 0.205. The number of nitrogen functional groups attached to an aromatic ring is 1. The fourth-order valence-electron chi connectivity index (χ4n) is 3.20. The molecule has 2 aromatic carbocycles. The zero-order valence-electron chi connectivity index (χ0n) is 14.6. The number of rotatable bonds is 5. The molecule has 0 fully saturated rings. The van der Waals surface area contributed by atoms with Crippen molar-refractivity contribution in [2.45, 2.75) is 13.5 Å². The topological polar surface area (TPSA) is 66.0 Å². The van der Waals surface area contributed by atoms with Crippen LogP contribution >= 0.6 is 0 Å². The van der Waals surface area contributed by atoms with Crippen LogP contribution in [0.2, 0.25) is 0 Å². The Hall–Kier alpha value is -3.34. The Labute approximate surface area is 151 Å². The molecule has 130 valence electrons. The van der Waals surface area contributed by atoms with E-state index in [1.807, 2.05) is 55.5 Å². The van der Waals surface area contributed by atoms with E-state index in [-0.39, 0.29) is 0 Å². The molecule has 4 rings (SSSR count). The molecular formula is C21H20N4O. The molecule has 0 atom stereocenters. The van der Waals surface area contributed by atoms with E-state index in [0.717, 1.165) is 33.3 Å². The van der Waals surface area contributed by atoms with Gasteiger partial charge in [0.1, 0.15) is 17.9 Å². The maximum atomic E-state index is 6.23. The molecule has 0 saturated carbocycles. The Morgan fingerprint density at radius 2 is 1.81 bits per heavy atom. The zero-order chi connectivity index (χ0) is 18.1. The van der Waals surface area contributed by atoms with Crippen LogP contribution in [0.3, 0.4) is 0 Å². The van der Waals surface area contributed by atoms with Gasteiger partial charge in [-0.05, 0) is 13.0 Å². The molecule has 0 spiro atoms. The third-order valence-electron chi connectivity index (χ3n) is 4.31. The fraction of sp³-hybridized carbons (Fsp3) is 0.143. The number of allylic oxidation sites excluding steroid dienone is 1. The zero-order valence-corrected chi connectivity index (χ0v) is 14.6. The number of benzene rings is 2. The van der Waals surface area contributed by atoms with Crippen molar-refractivity contribution in [1.29, 1.82) is 0 Å². The Kier molecular flexibility index (Phi) is 4.05. The molecule has 2 heterocycles. The van der Waals surface area contributed by atoms with E-state index in [4.69, 9.17) is 15.5 Å². The first-order valence-corrected chi connectivity index (χ1v) is 8.53. The molecule has 0 saturated heterocycles. The van der Waals surface area contributed by atoms with Gasteiger partial charge < -0.3 is 15.0 Å². The lowest BCUT2D eigenvalue weighted by Crippen LogP contribution is -2.07. The molecule has 0 aliphatic rings. The number of para-hydroxylation sites is 1. The summed E-state index contributed by atoms with van der Waals surface area (Å²) < 4.78 is 7.77. The van der Waals surface area contributed by atoms with Crippen LogP contribution in [0.5, 0.6) is 0 Å². The van der Waals surface area contributed by atoms with Crippen LogP contribution in [-0.2, 0) is 11.3 Å². The second-order valence-electron chi connectivity index (χ2n) is 6.21. The molecule has 2 aromatic heterocycles. The number of ether oxygens (including phenoxy) is 1. The van der Waals surface area contributed by atoms with Crippen LogP contribution in [0.15, 0.2) is 66.9 Å². The summed E-state index contributed by atoms with van der Waals surface area (Å²) in [6.45, 7) is 6.80. The van der Waals surface area contributed by atoms with Crippen molar-refractivity contribution >= 4 is 27.8 Å². The molecule has 5 heteroatoms. The summed E-state index contributed by atoms with van der Waals surface area (Å²) in [5.41, 5.74) is 9.82. The standard InChI is InChI=1S/C21H20N4O/c1-14(2)26-13-12-25-19-16-10-6-7-11-17(16)23-20(22)18(19)24-21(25)15-8-4-3-5-9-15/h3-11H,1,12-13H2,2H3,(H2,22,23). The van der Waals surface area contributed by atoms with Crippen LogP contribution in [0.4, 0.5) is 5.82 Å². The maximum Gasteiger partial charge on any atom is 0.152 e. The molecule has 0 unspecified atom stereocenters. The molecule has 2 N–H and O–H groups in total. The normalized spacial score (nSPS) is 11.1. The predicted molar refractivity (Wildman–Crippen MR) is 106 cm³/mol. The molecule has 0 aliphatic carbocycles. The average molecular weight is 344 g/mol. The third-order valence-corrected chi connectivity index (χ3v) is 4.31. The highest BCUT2D eigenvalue weighted by atomic mass is 16.5. The van der Waals surface area contributed by atoms with Gasteiger partial charge in [0.15, 0.2) is 5.82 Å². The van der Waals surface area contributed by atoms with Gasteiger partial charge in [0, 0.05) is 10.9 Å². The van der Waals surface area contributed by atoms with Gasteiger partial charge in [-0.1, -0.05) is 55.1 Å². The van der Waals surface area contributed by atoms with Crippen LogP contribution in [0.1, 0.15) is 6.92 Å². The summed E-state index contributed by atoms with van der Waals surface area (Å²) in [4.78, 5) is 9.34. The molecule has 4 aromatic rings. The highest BCUT2D eigenvalue weighted by Gasteiger charge is 2.18. The highest BCUT2D eigenvalue weighted by molar-refractivity contribution is 6.07. The number of fused-ring (bicyclic) bond motifs is 3. The second kappa shape index (κ2) is 6.52. The van der Waals surface area contributed by atoms with E-state index in [0.29, 0.717) is 24.7 Å². The molecule has 0 bridgehead atoms. The molecule has 0 radical (unpaired) electrons. The van der Waals surface area contributed by atoms with Crippen LogP contribution in [-0.4, -0.2) is 21.1 Å². The van der Waals surface area contributed by atoms with Gasteiger partial charge in [-0.25, -0.2) is 9.97 Å². The largest absolute Gasteiger partial charge is 0.497 e. The van der Waals surface area contributed by atoms with Crippen LogP contribution < -0.4 is 5.73 Å². The summed E-state index contributed by atoms with van der Waals surface area (Å²) in [6, 6.07) is 18.1.